The number of aromatic nitrogens is 2. The van der Waals surface area contributed by atoms with Crippen molar-refractivity contribution < 1.29 is 9.53 Å². The van der Waals surface area contributed by atoms with E-state index in [1.54, 1.807) is 31.5 Å². The highest BCUT2D eigenvalue weighted by Gasteiger charge is 2.30. The summed E-state index contributed by atoms with van der Waals surface area (Å²) in [7, 11) is 1.58. The third-order valence-electron chi connectivity index (χ3n) is 5.19. The van der Waals surface area contributed by atoms with Crippen LogP contribution in [0, 0.1) is 6.92 Å². The monoisotopic (exact) mass is 363 g/mol. The molecule has 1 aliphatic heterocycles. The number of hydrogen-bond acceptors (Lipinski definition) is 4. The lowest BCUT2D eigenvalue weighted by Crippen LogP contribution is -2.29. The summed E-state index contributed by atoms with van der Waals surface area (Å²) in [5.74, 6) is 0.664. The van der Waals surface area contributed by atoms with Crippen LogP contribution < -0.4 is 10.3 Å². The Labute approximate surface area is 156 Å². The SMILES string of the molecule is COc1c(C)cccc1C(=O)N1CC[C@@H](c2cc3ncccc3c(=O)[nH]2)C1. The molecule has 0 aliphatic carbocycles. The highest BCUT2D eigenvalue weighted by Crippen LogP contribution is 2.30. The van der Waals surface area contributed by atoms with Crippen molar-refractivity contribution in [3.05, 3.63) is 69.8 Å². The minimum Gasteiger partial charge on any atom is -0.496 e. The van der Waals surface area contributed by atoms with Gasteiger partial charge in [-0.05, 0) is 43.2 Å². The summed E-state index contributed by atoms with van der Waals surface area (Å²) < 4.78 is 5.43. The lowest BCUT2D eigenvalue weighted by molar-refractivity contribution is 0.0787. The van der Waals surface area contributed by atoms with Crippen molar-refractivity contribution in [3.8, 4) is 5.75 Å². The van der Waals surface area contributed by atoms with E-state index in [-0.39, 0.29) is 17.4 Å². The van der Waals surface area contributed by atoms with Crippen LogP contribution >= 0.6 is 0 Å². The Bertz CT molecular complexity index is 1070. The Morgan fingerprint density at radius 3 is 2.96 bits per heavy atom. The number of H-pyrrole nitrogens is 1. The first kappa shape index (κ1) is 17.3. The summed E-state index contributed by atoms with van der Waals surface area (Å²) in [6.07, 6.45) is 2.48. The van der Waals surface area contributed by atoms with Gasteiger partial charge in [-0.1, -0.05) is 12.1 Å². The van der Waals surface area contributed by atoms with Gasteiger partial charge in [0.2, 0.25) is 0 Å². The van der Waals surface area contributed by atoms with E-state index in [9.17, 15) is 9.59 Å². The van der Waals surface area contributed by atoms with Crippen molar-refractivity contribution in [2.45, 2.75) is 19.3 Å². The van der Waals surface area contributed by atoms with Crippen LogP contribution in [0.4, 0.5) is 0 Å². The van der Waals surface area contributed by atoms with Crippen molar-refractivity contribution in [2.75, 3.05) is 20.2 Å². The van der Waals surface area contributed by atoms with Gasteiger partial charge in [0.1, 0.15) is 5.75 Å². The fourth-order valence-corrected chi connectivity index (χ4v) is 3.79. The van der Waals surface area contributed by atoms with E-state index in [0.29, 0.717) is 35.3 Å². The fourth-order valence-electron chi connectivity index (χ4n) is 3.79. The Balaban J connectivity index is 1.60. The van der Waals surface area contributed by atoms with Gasteiger partial charge >= 0.3 is 0 Å². The molecule has 1 N–H and O–H groups in total. The van der Waals surface area contributed by atoms with Crippen molar-refractivity contribution in [1.29, 1.82) is 0 Å². The molecule has 138 valence electrons. The molecule has 0 radical (unpaired) electrons. The minimum absolute atomic E-state index is 0.0423. The second kappa shape index (κ2) is 6.87. The predicted molar refractivity (Wildman–Crippen MR) is 103 cm³/mol. The van der Waals surface area contributed by atoms with E-state index < -0.39 is 0 Å². The molecule has 1 amide bonds. The molecule has 1 aromatic carbocycles. The lowest BCUT2D eigenvalue weighted by atomic mass is 10.0. The Hall–Kier alpha value is -3.15. The van der Waals surface area contributed by atoms with E-state index >= 15 is 0 Å². The molecular formula is C21H21N3O3. The maximum absolute atomic E-state index is 13.0. The second-order valence-electron chi connectivity index (χ2n) is 6.88. The Kier molecular flexibility index (Phi) is 4.39. The molecule has 1 aliphatic rings. The number of likely N-dealkylation sites (tertiary alicyclic amines) is 1. The van der Waals surface area contributed by atoms with E-state index in [0.717, 1.165) is 17.7 Å². The third kappa shape index (κ3) is 3.07. The van der Waals surface area contributed by atoms with Gasteiger partial charge in [-0.15, -0.1) is 0 Å². The van der Waals surface area contributed by atoms with Gasteiger partial charge in [0.25, 0.3) is 11.5 Å². The summed E-state index contributed by atoms with van der Waals surface area (Å²) in [4.78, 5) is 34.4. The molecule has 2 aromatic heterocycles. The molecule has 4 rings (SSSR count). The number of carbonyl (C=O) groups excluding carboxylic acids is 1. The number of hydrogen-bond donors (Lipinski definition) is 1. The van der Waals surface area contributed by atoms with Gasteiger partial charge in [-0.3, -0.25) is 14.6 Å². The molecule has 0 unspecified atom stereocenters. The number of carbonyl (C=O) groups is 1. The molecule has 6 heteroatoms. The Morgan fingerprint density at radius 2 is 2.15 bits per heavy atom. The topological polar surface area (TPSA) is 75.3 Å². The van der Waals surface area contributed by atoms with E-state index in [1.807, 2.05) is 30.0 Å². The number of aromatic amines is 1. The number of benzene rings is 1. The molecule has 0 saturated carbocycles. The number of nitrogens with one attached hydrogen (secondary N) is 1. The van der Waals surface area contributed by atoms with Gasteiger partial charge in [-0.25, -0.2) is 0 Å². The van der Waals surface area contributed by atoms with E-state index in [4.69, 9.17) is 4.74 Å². The first-order chi connectivity index (χ1) is 13.1. The van der Waals surface area contributed by atoms with Crippen molar-refractivity contribution in [3.63, 3.8) is 0 Å². The number of pyridine rings is 2. The van der Waals surface area contributed by atoms with Crippen LogP contribution in [0.3, 0.4) is 0 Å². The van der Waals surface area contributed by atoms with Crippen LogP contribution in [0.5, 0.6) is 5.75 Å². The second-order valence-corrected chi connectivity index (χ2v) is 6.88. The Morgan fingerprint density at radius 1 is 1.30 bits per heavy atom. The number of para-hydroxylation sites is 1. The van der Waals surface area contributed by atoms with Gasteiger partial charge in [0.15, 0.2) is 0 Å². The molecule has 0 bridgehead atoms. The number of fused-ring (bicyclic) bond motifs is 1. The van der Waals surface area contributed by atoms with Gasteiger partial charge in [-0.2, -0.15) is 0 Å². The number of rotatable bonds is 3. The minimum atomic E-state index is -0.138. The molecule has 27 heavy (non-hydrogen) atoms. The number of ether oxygens (including phenoxy) is 1. The molecule has 1 saturated heterocycles. The smallest absolute Gasteiger partial charge is 0.257 e. The summed E-state index contributed by atoms with van der Waals surface area (Å²) in [6, 6.07) is 11.0. The molecule has 1 fully saturated rings. The zero-order valence-corrected chi connectivity index (χ0v) is 15.4. The van der Waals surface area contributed by atoms with Crippen LogP contribution in [0.1, 0.15) is 34.0 Å². The lowest BCUT2D eigenvalue weighted by Gasteiger charge is -2.19. The third-order valence-corrected chi connectivity index (χ3v) is 5.19. The van der Waals surface area contributed by atoms with Crippen molar-refractivity contribution in [1.82, 2.24) is 14.9 Å². The highest BCUT2D eigenvalue weighted by molar-refractivity contribution is 5.97. The molecule has 6 nitrogen and oxygen atoms in total. The summed E-state index contributed by atoms with van der Waals surface area (Å²) in [5.41, 5.74) is 2.88. The van der Waals surface area contributed by atoms with Crippen LogP contribution in [0.25, 0.3) is 10.9 Å². The summed E-state index contributed by atoms with van der Waals surface area (Å²) in [5, 5.41) is 0.580. The number of nitrogens with zero attached hydrogens (tertiary/aromatic N) is 2. The fraction of sp³-hybridized carbons (Fsp3) is 0.286. The van der Waals surface area contributed by atoms with Gasteiger partial charge < -0.3 is 14.6 Å². The standard InChI is InChI=1S/C21H21N3O3/c1-13-5-3-6-16(19(13)27-2)21(26)24-10-8-14(12-24)17-11-18-15(20(25)23-17)7-4-9-22-18/h3-7,9,11,14H,8,10,12H2,1-2H3,(H,23,25)/t14-/m1/s1. The van der Waals surface area contributed by atoms with E-state index in [1.165, 1.54) is 0 Å². The van der Waals surface area contributed by atoms with Crippen molar-refractivity contribution >= 4 is 16.8 Å². The normalized spacial score (nSPS) is 16.7. The molecule has 0 spiro atoms. The van der Waals surface area contributed by atoms with Crippen LogP contribution in [0.2, 0.25) is 0 Å². The zero-order chi connectivity index (χ0) is 19.0. The summed E-state index contributed by atoms with van der Waals surface area (Å²) in [6.45, 7) is 3.13. The number of methoxy groups -OCH3 is 1. The first-order valence-corrected chi connectivity index (χ1v) is 8.99. The summed E-state index contributed by atoms with van der Waals surface area (Å²) >= 11 is 0. The van der Waals surface area contributed by atoms with E-state index in [2.05, 4.69) is 9.97 Å². The van der Waals surface area contributed by atoms with Crippen molar-refractivity contribution in [2.24, 2.45) is 0 Å². The average Bonchev–Trinajstić information content (AvgIpc) is 3.17. The van der Waals surface area contributed by atoms with Crippen LogP contribution in [-0.2, 0) is 0 Å². The molecular weight excluding hydrogens is 342 g/mol. The maximum Gasteiger partial charge on any atom is 0.257 e. The molecule has 1 atom stereocenters. The van der Waals surface area contributed by atoms with Crippen LogP contribution in [-0.4, -0.2) is 41.0 Å². The van der Waals surface area contributed by atoms with Crippen LogP contribution in [0.15, 0.2) is 47.4 Å². The predicted octanol–water partition coefficient (Wildman–Crippen LogP) is 2.87. The highest BCUT2D eigenvalue weighted by atomic mass is 16.5. The average molecular weight is 363 g/mol. The maximum atomic E-state index is 13.0. The number of amides is 1. The molecule has 3 heterocycles. The zero-order valence-electron chi connectivity index (χ0n) is 15.4. The van der Waals surface area contributed by atoms with Gasteiger partial charge in [0, 0.05) is 30.9 Å². The molecule has 3 aromatic rings. The quantitative estimate of drug-likeness (QED) is 0.776. The first-order valence-electron chi connectivity index (χ1n) is 8.99. The van der Waals surface area contributed by atoms with Gasteiger partial charge in [0.05, 0.1) is 23.6 Å². The number of aryl methyl sites for hydroxylation is 1. The largest absolute Gasteiger partial charge is 0.496 e.